The summed E-state index contributed by atoms with van der Waals surface area (Å²) in [5, 5.41) is -0.925. The van der Waals surface area contributed by atoms with Crippen LogP contribution in [0, 0.1) is 0 Å². The standard InChI is InChI=1S/2C9H18O3S.2C4H10.Sn/c2*1-3-4-5-11-6-7-12-9(10)8(2)13;2*1-3-4-2;/h2*8,13H,3-7H2,1-2H3;2*3-4H2,1-2H3;/q;;;;+2/p-2. The summed E-state index contributed by atoms with van der Waals surface area (Å²) < 4.78 is 20.0. The number of carbonyl (C=O) groups excluding carboxylic acids is 2. The van der Waals surface area contributed by atoms with Crippen molar-refractivity contribution in [2.24, 2.45) is 0 Å². The Morgan fingerprint density at radius 2 is 0.829 bits per heavy atom. The molecule has 2 radical (unpaired) electrons. The first-order valence-corrected chi connectivity index (χ1v) is 13.9. The second-order valence-corrected chi connectivity index (χ2v) is 8.97. The molecule has 0 rings (SSSR count). The molecule has 0 fully saturated rings. The van der Waals surface area contributed by atoms with Gasteiger partial charge in [0.15, 0.2) is 0 Å². The zero-order chi connectivity index (χ0) is 27.0. The van der Waals surface area contributed by atoms with Crippen LogP contribution in [-0.4, -0.2) is 86.0 Å². The SMILES string of the molecule is CCCC.CCCC.CCCCOCCOC(=O)C(C)[S-].CCCCOCCOC(=O)C(C)[S-].[Sn+2]. The normalized spacial score (nSPS) is 11.0. The van der Waals surface area contributed by atoms with Gasteiger partial charge in [-0.25, -0.2) is 0 Å². The van der Waals surface area contributed by atoms with Gasteiger partial charge in [0.1, 0.15) is 13.2 Å². The predicted octanol–water partition coefficient (Wildman–Crippen LogP) is 5.80. The third-order valence-electron chi connectivity index (χ3n) is 3.89. The molecule has 9 heteroatoms. The summed E-state index contributed by atoms with van der Waals surface area (Å²) in [5.41, 5.74) is 0. The summed E-state index contributed by atoms with van der Waals surface area (Å²) in [6.45, 7) is 19.2. The number of ether oxygens (including phenoxy) is 4. The van der Waals surface area contributed by atoms with Gasteiger partial charge in [0.25, 0.3) is 11.9 Å². The number of rotatable bonds is 16. The van der Waals surface area contributed by atoms with Crippen molar-refractivity contribution >= 4 is 61.1 Å². The Bertz CT molecular complexity index is 360. The van der Waals surface area contributed by atoms with E-state index < -0.39 is 10.5 Å². The van der Waals surface area contributed by atoms with Crippen molar-refractivity contribution in [1.29, 1.82) is 0 Å². The molecule has 0 saturated carbocycles. The molecule has 0 N–H and O–H groups in total. The third kappa shape index (κ3) is 51.8. The van der Waals surface area contributed by atoms with Gasteiger partial charge in [-0.3, -0.25) is 9.59 Å². The Labute approximate surface area is 245 Å². The fraction of sp³-hybridized carbons (Fsp3) is 0.923. The summed E-state index contributed by atoms with van der Waals surface area (Å²) in [5.74, 6) is -0.678. The molecule has 0 aliphatic heterocycles. The minimum absolute atomic E-state index is 0. The maximum absolute atomic E-state index is 10.8. The Kier molecular flexibility index (Phi) is 53.7. The van der Waals surface area contributed by atoms with E-state index in [1.807, 2.05) is 0 Å². The fourth-order valence-corrected chi connectivity index (χ4v) is 1.47. The van der Waals surface area contributed by atoms with Crippen LogP contribution in [0.15, 0.2) is 0 Å². The molecule has 35 heavy (non-hydrogen) atoms. The Morgan fingerprint density at radius 3 is 1.03 bits per heavy atom. The molecular formula is C26H54O6S2Sn. The van der Waals surface area contributed by atoms with Crippen LogP contribution in [0.2, 0.25) is 0 Å². The van der Waals surface area contributed by atoms with Crippen molar-refractivity contribution in [2.75, 3.05) is 39.6 Å². The molecule has 0 heterocycles. The number of unbranched alkanes of at least 4 members (excludes halogenated alkanes) is 4. The van der Waals surface area contributed by atoms with E-state index in [9.17, 15) is 9.59 Å². The van der Waals surface area contributed by atoms with E-state index in [1.165, 1.54) is 25.7 Å². The van der Waals surface area contributed by atoms with Crippen LogP contribution in [0.4, 0.5) is 0 Å². The van der Waals surface area contributed by atoms with E-state index in [-0.39, 0.29) is 35.8 Å². The van der Waals surface area contributed by atoms with Crippen LogP contribution < -0.4 is 0 Å². The predicted molar refractivity (Wildman–Crippen MR) is 154 cm³/mol. The van der Waals surface area contributed by atoms with Gasteiger partial charge in [0, 0.05) is 13.2 Å². The van der Waals surface area contributed by atoms with Crippen LogP contribution in [0.3, 0.4) is 0 Å². The average Bonchev–Trinajstić information content (AvgIpc) is 2.83. The van der Waals surface area contributed by atoms with Gasteiger partial charge in [-0.2, -0.15) is 0 Å². The first-order chi connectivity index (χ1) is 16.2. The molecule has 0 amide bonds. The summed E-state index contributed by atoms with van der Waals surface area (Å²) in [4.78, 5) is 21.7. The Hall–Kier alpha value is 0.359. The van der Waals surface area contributed by atoms with E-state index in [0.29, 0.717) is 26.4 Å². The molecule has 0 aromatic rings. The summed E-state index contributed by atoms with van der Waals surface area (Å²) in [7, 11) is 0. The van der Waals surface area contributed by atoms with Gasteiger partial charge in [-0.15, -0.1) is 0 Å². The van der Waals surface area contributed by atoms with Crippen molar-refractivity contribution in [3.05, 3.63) is 0 Å². The van der Waals surface area contributed by atoms with E-state index in [0.717, 1.165) is 38.9 Å². The molecule has 0 spiro atoms. The zero-order valence-corrected chi connectivity index (χ0v) is 28.3. The number of hydrogen-bond acceptors (Lipinski definition) is 8. The molecule has 0 saturated heterocycles. The molecule has 6 nitrogen and oxygen atoms in total. The maximum Gasteiger partial charge on any atom is 2.00 e. The average molecular weight is 646 g/mol. The fourth-order valence-electron chi connectivity index (χ4n) is 1.33. The second kappa shape index (κ2) is 41.5. The van der Waals surface area contributed by atoms with Gasteiger partial charge in [0.2, 0.25) is 0 Å². The van der Waals surface area contributed by atoms with Crippen LogP contribution in [0.1, 0.15) is 107 Å². The van der Waals surface area contributed by atoms with E-state index in [2.05, 4.69) is 41.5 Å². The zero-order valence-electron chi connectivity index (χ0n) is 23.8. The van der Waals surface area contributed by atoms with Crippen LogP contribution in [0.5, 0.6) is 0 Å². The van der Waals surface area contributed by atoms with E-state index >= 15 is 0 Å². The molecule has 0 aliphatic carbocycles. The second-order valence-electron chi connectivity index (χ2n) is 7.55. The number of hydrogen-bond donors (Lipinski definition) is 0. The largest absolute Gasteiger partial charge is 2.00 e. The minimum Gasteiger partial charge on any atom is -0.778 e. The molecule has 0 bridgehead atoms. The molecule has 210 valence electrons. The van der Waals surface area contributed by atoms with Gasteiger partial charge in [0.05, 0.1) is 13.2 Å². The molecule has 0 aliphatic rings. The summed E-state index contributed by atoms with van der Waals surface area (Å²) in [6.07, 6.45) is 9.60. The third-order valence-corrected chi connectivity index (χ3v) is 4.28. The van der Waals surface area contributed by atoms with Gasteiger partial charge >= 0.3 is 23.9 Å². The maximum atomic E-state index is 10.8. The van der Waals surface area contributed by atoms with Crippen LogP contribution in [-0.2, 0) is 53.8 Å². The van der Waals surface area contributed by atoms with Crippen molar-refractivity contribution in [2.45, 2.75) is 117 Å². The van der Waals surface area contributed by atoms with Crippen LogP contribution in [0.25, 0.3) is 0 Å². The number of carbonyl (C=O) groups is 2. The monoisotopic (exact) mass is 646 g/mol. The van der Waals surface area contributed by atoms with Crippen molar-refractivity contribution in [3.8, 4) is 0 Å². The van der Waals surface area contributed by atoms with E-state index in [4.69, 9.17) is 44.2 Å². The van der Waals surface area contributed by atoms with Crippen molar-refractivity contribution < 1.29 is 28.5 Å². The molecule has 0 aromatic heterocycles. The van der Waals surface area contributed by atoms with Crippen LogP contribution >= 0.6 is 0 Å². The summed E-state index contributed by atoms with van der Waals surface area (Å²) in [6, 6.07) is 0. The summed E-state index contributed by atoms with van der Waals surface area (Å²) >= 11 is 9.41. The minimum atomic E-state index is -0.462. The van der Waals surface area contributed by atoms with Crippen molar-refractivity contribution in [1.82, 2.24) is 0 Å². The molecule has 2 unspecified atom stereocenters. The van der Waals surface area contributed by atoms with Crippen molar-refractivity contribution in [3.63, 3.8) is 0 Å². The topological polar surface area (TPSA) is 71.1 Å². The first kappa shape index (κ1) is 45.3. The molecular weight excluding hydrogens is 591 g/mol. The smallest absolute Gasteiger partial charge is 0.778 e. The Balaban J connectivity index is -0.000000128. The first-order valence-electron chi connectivity index (χ1n) is 13.0. The van der Waals surface area contributed by atoms with Gasteiger partial charge < -0.3 is 44.2 Å². The number of esters is 2. The Morgan fingerprint density at radius 1 is 0.543 bits per heavy atom. The molecule has 2 atom stereocenters. The van der Waals surface area contributed by atoms with Gasteiger partial charge in [-0.05, 0) is 12.8 Å². The van der Waals surface area contributed by atoms with Gasteiger partial charge in [-0.1, -0.05) is 104 Å². The van der Waals surface area contributed by atoms with E-state index in [1.54, 1.807) is 13.8 Å². The molecule has 0 aromatic carbocycles. The quantitative estimate of drug-likeness (QED) is 0.0904.